The summed E-state index contributed by atoms with van der Waals surface area (Å²) in [6, 6.07) is 5.15. The van der Waals surface area contributed by atoms with E-state index in [1.54, 1.807) is 25.2 Å². The van der Waals surface area contributed by atoms with E-state index in [2.05, 4.69) is 0 Å². The normalized spacial score (nSPS) is 22.1. The molecule has 92 valence electrons. The maximum Gasteiger partial charge on any atom is 0.303 e. The van der Waals surface area contributed by atoms with Gasteiger partial charge in [0.15, 0.2) is 11.5 Å². The molecule has 7 heteroatoms. The second-order valence-electron chi connectivity index (χ2n) is 3.94. The first-order valence-corrected chi connectivity index (χ1v) is 6.62. The average Bonchev–Trinajstić information content (AvgIpc) is 2.84. The van der Waals surface area contributed by atoms with Gasteiger partial charge in [0.05, 0.1) is 5.69 Å². The molecule has 6 nitrogen and oxygen atoms in total. The summed E-state index contributed by atoms with van der Waals surface area (Å²) >= 11 is 0. The molecule has 17 heavy (non-hydrogen) atoms. The lowest BCUT2D eigenvalue weighted by atomic mass is 10.3. The Labute approximate surface area is 99.5 Å². The highest BCUT2D eigenvalue weighted by atomic mass is 32.2. The van der Waals surface area contributed by atoms with Crippen molar-refractivity contribution in [1.29, 1.82) is 0 Å². The zero-order valence-corrected chi connectivity index (χ0v) is 10.1. The molecule has 0 saturated carbocycles. The number of fused-ring (bicyclic) bond motifs is 1. The molecule has 0 radical (unpaired) electrons. The number of rotatable bonds is 1. The summed E-state index contributed by atoms with van der Waals surface area (Å²) in [5.41, 5.74) is 0.610. The van der Waals surface area contributed by atoms with Gasteiger partial charge >= 0.3 is 10.2 Å². The fraction of sp³-hybridized carbons (Fsp3) is 0.400. The molecule has 1 fully saturated rings. The van der Waals surface area contributed by atoms with Crippen molar-refractivity contribution in [2.45, 2.75) is 0 Å². The largest absolute Gasteiger partial charge is 0.454 e. The van der Waals surface area contributed by atoms with Crippen LogP contribution in [0.4, 0.5) is 5.69 Å². The van der Waals surface area contributed by atoms with E-state index in [0.717, 1.165) is 0 Å². The number of likely N-dealkylation sites (N-methyl/N-ethyl adjacent to an activating group) is 1. The van der Waals surface area contributed by atoms with Crippen molar-refractivity contribution in [3.8, 4) is 11.5 Å². The van der Waals surface area contributed by atoms with Gasteiger partial charge in [0.25, 0.3) is 0 Å². The fourth-order valence-corrected chi connectivity index (χ4v) is 3.27. The number of hydrogen-bond acceptors (Lipinski definition) is 4. The highest BCUT2D eigenvalue weighted by molar-refractivity contribution is 7.90. The van der Waals surface area contributed by atoms with Crippen molar-refractivity contribution in [3.05, 3.63) is 18.2 Å². The summed E-state index contributed by atoms with van der Waals surface area (Å²) in [5.74, 6) is 1.24. The third-order valence-corrected chi connectivity index (χ3v) is 4.86. The van der Waals surface area contributed by atoms with Gasteiger partial charge in [-0.1, -0.05) is 0 Å². The maximum atomic E-state index is 12.0. The molecule has 0 bridgehead atoms. The molecule has 0 atom stereocenters. The van der Waals surface area contributed by atoms with Crippen molar-refractivity contribution in [1.82, 2.24) is 4.31 Å². The minimum absolute atomic E-state index is 0.186. The minimum Gasteiger partial charge on any atom is -0.454 e. The lowest BCUT2D eigenvalue weighted by Crippen LogP contribution is -2.30. The molecular formula is C10H12N2O4S. The predicted octanol–water partition coefficient (Wildman–Crippen LogP) is 0.412. The van der Waals surface area contributed by atoms with Crippen molar-refractivity contribution in [2.24, 2.45) is 0 Å². The highest BCUT2D eigenvalue weighted by Crippen LogP contribution is 2.37. The standard InChI is InChI=1S/C10H12N2O4S/c1-11-4-5-12(17(11,13)14)8-2-3-9-10(6-8)16-7-15-9/h2-3,6H,4-5,7H2,1H3. The van der Waals surface area contributed by atoms with Crippen molar-refractivity contribution >= 4 is 15.9 Å². The summed E-state index contributed by atoms with van der Waals surface area (Å²) in [6.45, 7) is 1.14. The number of hydrogen-bond donors (Lipinski definition) is 0. The Morgan fingerprint density at radius 2 is 1.94 bits per heavy atom. The van der Waals surface area contributed by atoms with Crippen LogP contribution in [-0.4, -0.2) is 39.7 Å². The molecule has 2 aliphatic rings. The second kappa shape index (κ2) is 3.51. The van der Waals surface area contributed by atoms with E-state index in [-0.39, 0.29) is 6.79 Å². The van der Waals surface area contributed by atoms with E-state index in [1.165, 1.54) is 8.61 Å². The van der Waals surface area contributed by atoms with E-state index >= 15 is 0 Å². The third-order valence-electron chi connectivity index (χ3n) is 2.93. The Hall–Kier alpha value is -1.47. The SMILES string of the molecule is CN1CCN(c2ccc3c(c2)OCO3)S1(=O)=O. The second-order valence-corrected chi connectivity index (χ2v) is 5.90. The van der Waals surface area contributed by atoms with Crippen LogP contribution in [0.2, 0.25) is 0 Å². The first kappa shape index (κ1) is 10.7. The van der Waals surface area contributed by atoms with E-state index in [0.29, 0.717) is 30.3 Å². The van der Waals surface area contributed by atoms with Gasteiger partial charge in [-0.3, -0.25) is 4.31 Å². The van der Waals surface area contributed by atoms with E-state index < -0.39 is 10.2 Å². The lowest BCUT2D eigenvalue weighted by molar-refractivity contribution is 0.174. The van der Waals surface area contributed by atoms with Crippen LogP contribution < -0.4 is 13.8 Å². The summed E-state index contributed by atoms with van der Waals surface area (Å²) in [4.78, 5) is 0. The molecule has 0 unspecified atom stereocenters. The van der Waals surface area contributed by atoms with Crippen molar-refractivity contribution in [3.63, 3.8) is 0 Å². The molecule has 2 heterocycles. The smallest absolute Gasteiger partial charge is 0.303 e. The van der Waals surface area contributed by atoms with Crippen LogP contribution in [0.5, 0.6) is 11.5 Å². The fourth-order valence-electron chi connectivity index (χ4n) is 1.93. The molecule has 1 saturated heterocycles. The van der Waals surface area contributed by atoms with Gasteiger partial charge in [-0.05, 0) is 12.1 Å². The number of benzene rings is 1. The first-order chi connectivity index (χ1) is 8.09. The zero-order chi connectivity index (χ0) is 12.0. The molecule has 1 aromatic carbocycles. The number of anilines is 1. The van der Waals surface area contributed by atoms with Crippen LogP contribution in [0.1, 0.15) is 0 Å². The monoisotopic (exact) mass is 256 g/mol. The Morgan fingerprint density at radius 1 is 1.18 bits per heavy atom. The molecule has 1 aromatic rings. The average molecular weight is 256 g/mol. The van der Waals surface area contributed by atoms with Gasteiger partial charge in [-0.25, -0.2) is 0 Å². The van der Waals surface area contributed by atoms with Gasteiger partial charge in [0.2, 0.25) is 6.79 Å². The van der Waals surface area contributed by atoms with Crippen LogP contribution in [0, 0.1) is 0 Å². The van der Waals surface area contributed by atoms with Crippen LogP contribution in [0.3, 0.4) is 0 Å². The lowest BCUT2D eigenvalue weighted by Gasteiger charge is -2.18. The van der Waals surface area contributed by atoms with Gasteiger partial charge in [-0.15, -0.1) is 0 Å². The first-order valence-electron chi connectivity index (χ1n) is 5.23. The molecule has 0 aromatic heterocycles. The molecule has 3 rings (SSSR count). The van der Waals surface area contributed by atoms with Gasteiger partial charge in [0.1, 0.15) is 0 Å². The van der Waals surface area contributed by atoms with Crippen LogP contribution in [0.15, 0.2) is 18.2 Å². The Morgan fingerprint density at radius 3 is 2.65 bits per heavy atom. The molecule has 2 aliphatic heterocycles. The van der Waals surface area contributed by atoms with Gasteiger partial charge in [0, 0.05) is 26.2 Å². The predicted molar refractivity (Wildman–Crippen MR) is 61.5 cm³/mol. The minimum atomic E-state index is -3.37. The van der Waals surface area contributed by atoms with Crippen LogP contribution in [-0.2, 0) is 10.2 Å². The maximum absolute atomic E-state index is 12.0. The molecule has 0 N–H and O–H groups in total. The van der Waals surface area contributed by atoms with E-state index in [4.69, 9.17) is 9.47 Å². The highest BCUT2D eigenvalue weighted by Gasteiger charge is 2.34. The summed E-state index contributed by atoms with van der Waals surface area (Å²) in [5, 5.41) is 0. The Kier molecular flexibility index (Phi) is 2.20. The van der Waals surface area contributed by atoms with Crippen LogP contribution in [0.25, 0.3) is 0 Å². The summed E-state index contributed by atoms with van der Waals surface area (Å²) in [6.07, 6.45) is 0. The van der Waals surface area contributed by atoms with Crippen LogP contribution >= 0.6 is 0 Å². The summed E-state index contributed by atoms with van der Waals surface area (Å²) < 4.78 is 37.1. The molecule has 0 aliphatic carbocycles. The Bertz CT molecular complexity index is 557. The van der Waals surface area contributed by atoms with Gasteiger partial charge in [-0.2, -0.15) is 12.7 Å². The molecule has 0 spiro atoms. The van der Waals surface area contributed by atoms with Gasteiger partial charge < -0.3 is 9.47 Å². The topological polar surface area (TPSA) is 59.1 Å². The van der Waals surface area contributed by atoms with E-state index in [9.17, 15) is 8.42 Å². The Balaban J connectivity index is 2.01. The molecule has 0 amide bonds. The number of ether oxygens (including phenoxy) is 2. The zero-order valence-electron chi connectivity index (χ0n) is 9.29. The summed E-state index contributed by atoms with van der Waals surface area (Å²) in [7, 11) is -1.79. The third kappa shape index (κ3) is 1.54. The van der Waals surface area contributed by atoms with E-state index in [1.807, 2.05) is 0 Å². The van der Waals surface area contributed by atoms with Crippen molar-refractivity contribution < 1.29 is 17.9 Å². The van der Waals surface area contributed by atoms with Crippen molar-refractivity contribution in [2.75, 3.05) is 31.2 Å². The number of nitrogens with zero attached hydrogens (tertiary/aromatic N) is 2. The molecular weight excluding hydrogens is 244 g/mol. The quantitative estimate of drug-likeness (QED) is 0.730.